The third kappa shape index (κ3) is 7.35. The highest BCUT2D eigenvalue weighted by Crippen LogP contribution is 2.11. The molecule has 0 amide bonds. The van der Waals surface area contributed by atoms with Gasteiger partial charge in [0.15, 0.2) is 0 Å². The first-order valence-electron chi connectivity index (χ1n) is 6.98. The average molecular weight is 268 g/mol. The van der Waals surface area contributed by atoms with Crippen molar-refractivity contribution >= 4 is 0 Å². The van der Waals surface area contributed by atoms with E-state index in [2.05, 4.69) is 44.1 Å². The quantitative estimate of drug-likeness (QED) is 0.736. The molecule has 0 aliphatic heterocycles. The van der Waals surface area contributed by atoms with E-state index in [1.54, 1.807) is 0 Å². The number of nitrogens with zero attached hydrogens (tertiary/aromatic N) is 1. The second-order valence-corrected chi connectivity index (χ2v) is 5.96. The average Bonchev–Trinajstić information content (AvgIpc) is 2.73. The lowest BCUT2D eigenvalue weighted by molar-refractivity contribution is 0.118. The van der Waals surface area contributed by atoms with E-state index in [1.807, 2.05) is 13.2 Å². The molecule has 1 rings (SSSR count). The Morgan fingerprint density at radius 2 is 2.11 bits per heavy atom. The van der Waals surface area contributed by atoms with Gasteiger partial charge in [0.05, 0.1) is 19.4 Å². The van der Waals surface area contributed by atoms with Gasteiger partial charge in [-0.1, -0.05) is 0 Å². The Morgan fingerprint density at radius 3 is 2.74 bits per heavy atom. The molecule has 110 valence electrons. The number of furan rings is 1. The predicted molar refractivity (Wildman–Crippen MR) is 78.1 cm³/mol. The fourth-order valence-corrected chi connectivity index (χ4v) is 1.68. The van der Waals surface area contributed by atoms with Crippen molar-refractivity contribution in [3.8, 4) is 0 Å². The maximum atomic E-state index is 5.58. The maximum absolute atomic E-state index is 5.58. The lowest BCUT2D eigenvalue weighted by Gasteiger charge is -2.19. The van der Waals surface area contributed by atoms with Crippen LogP contribution in [-0.4, -0.2) is 37.2 Å². The molecule has 19 heavy (non-hydrogen) atoms. The van der Waals surface area contributed by atoms with Crippen LogP contribution in [0.2, 0.25) is 0 Å². The van der Waals surface area contributed by atoms with Gasteiger partial charge in [0, 0.05) is 30.8 Å². The van der Waals surface area contributed by atoms with Gasteiger partial charge in [-0.2, -0.15) is 0 Å². The minimum Gasteiger partial charge on any atom is -0.468 e. The first kappa shape index (κ1) is 16.2. The van der Waals surface area contributed by atoms with Crippen molar-refractivity contribution < 1.29 is 9.15 Å². The highest BCUT2D eigenvalue weighted by atomic mass is 16.5. The normalized spacial score (nSPS) is 12.3. The Balaban J connectivity index is 2.33. The molecule has 0 aliphatic rings. The molecule has 0 aliphatic carbocycles. The number of likely N-dealkylation sites (N-methyl/N-ethyl adjacent to an activating group) is 1. The van der Waals surface area contributed by atoms with Crippen molar-refractivity contribution in [2.45, 2.75) is 46.3 Å². The summed E-state index contributed by atoms with van der Waals surface area (Å²) < 4.78 is 10.9. The standard InChI is InChI=1S/C15H28N2O2/c1-6-18-8-7-17(5)11-14-9-13(12-19-14)10-16-15(2,3)4/h9,12,16H,6-8,10-11H2,1-5H3. The SMILES string of the molecule is CCOCCN(C)Cc1cc(CNC(C)(C)C)co1. The summed E-state index contributed by atoms with van der Waals surface area (Å²) in [5.41, 5.74) is 1.33. The summed E-state index contributed by atoms with van der Waals surface area (Å²) in [4.78, 5) is 2.20. The third-order valence-corrected chi connectivity index (χ3v) is 2.78. The molecule has 4 heteroatoms. The molecule has 1 aromatic heterocycles. The molecule has 0 radical (unpaired) electrons. The highest BCUT2D eigenvalue weighted by Gasteiger charge is 2.10. The number of rotatable bonds is 8. The van der Waals surface area contributed by atoms with Gasteiger partial charge in [-0.3, -0.25) is 4.90 Å². The van der Waals surface area contributed by atoms with Gasteiger partial charge < -0.3 is 14.5 Å². The number of ether oxygens (including phenoxy) is 1. The van der Waals surface area contributed by atoms with Crippen LogP contribution in [-0.2, 0) is 17.8 Å². The fraction of sp³-hybridized carbons (Fsp3) is 0.733. The summed E-state index contributed by atoms with van der Waals surface area (Å²) in [6.45, 7) is 12.6. The maximum Gasteiger partial charge on any atom is 0.118 e. The first-order valence-corrected chi connectivity index (χ1v) is 6.98. The molecule has 0 spiro atoms. The Labute approximate surface area is 117 Å². The van der Waals surface area contributed by atoms with Crippen LogP contribution in [0.4, 0.5) is 0 Å². The van der Waals surface area contributed by atoms with Crippen molar-refractivity contribution in [3.05, 3.63) is 23.7 Å². The Morgan fingerprint density at radius 1 is 1.37 bits per heavy atom. The van der Waals surface area contributed by atoms with E-state index < -0.39 is 0 Å². The van der Waals surface area contributed by atoms with Gasteiger partial charge >= 0.3 is 0 Å². The molecule has 0 aromatic carbocycles. The van der Waals surface area contributed by atoms with Crippen LogP contribution < -0.4 is 5.32 Å². The molecular formula is C15H28N2O2. The van der Waals surface area contributed by atoms with E-state index in [0.29, 0.717) is 0 Å². The first-order chi connectivity index (χ1) is 8.90. The molecule has 4 nitrogen and oxygen atoms in total. The zero-order chi connectivity index (χ0) is 14.3. The molecule has 0 saturated carbocycles. The van der Waals surface area contributed by atoms with E-state index in [-0.39, 0.29) is 5.54 Å². The highest BCUT2D eigenvalue weighted by molar-refractivity contribution is 5.12. The molecule has 1 aromatic rings. The molecule has 0 unspecified atom stereocenters. The zero-order valence-corrected chi connectivity index (χ0v) is 13.0. The largest absolute Gasteiger partial charge is 0.468 e. The van der Waals surface area contributed by atoms with E-state index in [0.717, 1.165) is 38.6 Å². The van der Waals surface area contributed by atoms with Crippen molar-refractivity contribution in [3.63, 3.8) is 0 Å². The summed E-state index contributed by atoms with van der Waals surface area (Å²) in [7, 11) is 2.08. The topological polar surface area (TPSA) is 37.6 Å². The monoisotopic (exact) mass is 268 g/mol. The van der Waals surface area contributed by atoms with E-state index in [9.17, 15) is 0 Å². The van der Waals surface area contributed by atoms with Crippen molar-refractivity contribution in [2.75, 3.05) is 26.8 Å². The number of hydrogen-bond donors (Lipinski definition) is 1. The van der Waals surface area contributed by atoms with Gasteiger partial charge in [0.25, 0.3) is 0 Å². The lowest BCUT2D eigenvalue weighted by Crippen LogP contribution is -2.34. The molecule has 0 atom stereocenters. The predicted octanol–water partition coefficient (Wildman–Crippen LogP) is 2.64. The minimum atomic E-state index is 0.131. The fourth-order valence-electron chi connectivity index (χ4n) is 1.68. The van der Waals surface area contributed by atoms with Crippen LogP contribution in [0.3, 0.4) is 0 Å². The molecule has 1 N–H and O–H groups in total. The minimum absolute atomic E-state index is 0.131. The number of hydrogen-bond acceptors (Lipinski definition) is 4. The van der Waals surface area contributed by atoms with Gasteiger partial charge in [-0.15, -0.1) is 0 Å². The molecule has 0 fully saturated rings. The van der Waals surface area contributed by atoms with Gasteiger partial charge in [-0.25, -0.2) is 0 Å². The second kappa shape index (κ2) is 7.68. The van der Waals surface area contributed by atoms with E-state index in [1.165, 1.54) is 5.56 Å². The van der Waals surface area contributed by atoms with Crippen LogP contribution in [0.1, 0.15) is 39.0 Å². The van der Waals surface area contributed by atoms with E-state index >= 15 is 0 Å². The van der Waals surface area contributed by atoms with E-state index in [4.69, 9.17) is 9.15 Å². The van der Waals surface area contributed by atoms with Crippen LogP contribution >= 0.6 is 0 Å². The Bertz CT molecular complexity index is 355. The van der Waals surface area contributed by atoms with Crippen LogP contribution in [0.5, 0.6) is 0 Å². The molecule has 1 heterocycles. The van der Waals surface area contributed by atoms with Gasteiger partial charge in [0.1, 0.15) is 5.76 Å². The molecule has 0 bridgehead atoms. The molecular weight excluding hydrogens is 240 g/mol. The third-order valence-electron chi connectivity index (χ3n) is 2.78. The summed E-state index contributed by atoms with van der Waals surface area (Å²) >= 11 is 0. The summed E-state index contributed by atoms with van der Waals surface area (Å²) in [6.07, 6.45) is 1.84. The van der Waals surface area contributed by atoms with Gasteiger partial charge in [0.2, 0.25) is 0 Å². The van der Waals surface area contributed by atoms with Crippen molar-refractivity contribution in [1.82, 2.24) is 10.2 Å². The van der Waals surface area contributed by atoms with Crippen LogP contribution in [0.25, 0.3) is 0 Å². The van der Waals surface area contributed by atoms with Crippen LogP contribution in [0.15, 0.2) is 16.7 Å². The second-order valence-electron chi connectivity index (χ2n) is 5.96. The van der Waals surface area contributed by atoms with Crippen molar-refractivity contribution in [2.24, 2.45) is 0 Å². The smallest absolute Gasteiger partial charge is 0.118 e. The summed E-state index contributed by atoms with van der Waals surface area (Å²) in [6, 6.07) is 2.12. The Kier molecular flexibility index (Phi) is 6.55. The van der Waals surface area contributed by atoms with Gasteiger partial charge in [-0.05, 0) is 40.8 Å². The van der Waals surface area contributed by atoms with Crippen LogP contribution in [0, 0.1) is 0 Å². The summed E-state index contributed by atoms with van der Waals surface area (Å²) in [5.74, 6) is 1.00. The lowest BCUT2D eigenvalue weighted by atomic mass is 10.1. The molecule has 0 saturated heterocycles. The summed E-state index contributed by atoms with van der Waals surface area (Å²) in [5, 5.41) is 3.45. The zero-order valence-electron chi connectivity index (χ0n) is 13.0. The van der Waals surface area contributed by atoms with Crippen molar-refractivity contribution in [1.29, 1.82) is 0 Å². The number of nitrogens with one attached hydrogen (secondary N) is 1. The Hall–Kier alpha value is -0.840.